The Kier molecular flexibility index (Phi) is 4.47. The van der Waals surface area contributed by atoms with Crippen LogP contribution < -0.4 is 5.32 Å². The molecule has 0 spiro atoms. The predicted octanol–water partition coefficient (Wildman–Crippen LogP) is 4.98. The van der Waals surface area contributed by atoms with Gasteiger partial charge in [-0.1, -0.05) is 11.6 Å². The van der Waals surface area contributed by atoms with Crippen molar-refractivity contribution < 1.29 is 17.6 Å². The summed E-state index contributed by atoms with van der Waals surface area (Å²) in [7, 11) is 0. The Morgan fingerprint density at radius 2 is 1.81 bits per heavy atom. The first-order valence-corrected chi connectivity index (χ1v) is 6.15. The molecule has 21 heavy (non-hydrogen) atoms. The van der Waals surface area contributed by atoms with Gasteiger partial charge in [-0.25, -0.2) is 4.39 Å². The zero-order valence-corrected chi connectivity index (χ0v) is 11.2. The zero-order chi connectivity index (χ0) is 15.5. The van der Waals surface area contributed by atoms with Crippen molar-refractivity contribution >= 4 is 23.4 Å². The maximum absolute atomic E-state index is 12.7. The van der Waals surface area contributed by atoms with Gasteiger partial charge in [0.25, 0.3) is 0 Å². The molecule has 110 valence electrons. The molecule has 0 unspecified atom stereocenters. The topological polar surface area (TPSA) is 24.9 Å². The SMILES string of the molecule is Fc1ccc(NC=Cc2ncc(C(F)(F)F)cc2Cl)cc1. The number of pyridine rings is 1. The summed E-state index contributed by atoms with van der Waals surface area (Å²) in [6.45, 7) is 0. The molecule has 0 saturated carbocycles. The van der Waals surface area contributed by atoms with E-state index in [1.165, 1.54) is 36.5 Å². The third kappa shape index (κ3) is 4.19. The lowest BCUT2D eigenvalue weighted by atomic mass is 10.2. The molecule has 0 aliphatic carbocycles. The standard InChI is InChI=1S/C14H9ClF4N2/c15-12-7-9(14(17,18)19)8-21-13(12)5-6-20-11-3-1-10(16)2-4-11/h1-8,20H. The maximum atomic E-state index is 12.7. The smallest absolute Gasteiger partial charge is 0.362 e. The number of anilines is 1. The molecule has 0 fully saturated rings. The molecular formula is C14H9ClF4N2. The summed E-state index contributed by atoms with van der Waals surface area (Å²) in [5, 5.41) is 2.72. The van der Waals surface area contributed by atoms with Crippen LogP contribution in [0.4, 0.5) is 23.2 Å². The van der Waals surface area contributed by atoms with Crippen molar-refractivity contribution in [3.05, 3.63) is 64.8 Å². The summed E-state index contributed by atoms with van der Waals surface area (Å²) in [5.74, 6) is -0.364. The summed E-state index contributed by atoms with van der Waals surface area (Å²) in [5.41, 5.74) is -0.0916. The van der Waals surface area contributed by atoms with Crippen LogP contribution in [0.3, 0.4) is 0 Å². The summed E-state index contributed by atoms with van der Waals surface area (Å²) < 4.78 is 50.0. The minimum atomic E-state index is -4.48. The number of aromatic nitrogens is 1. The zero-order valence-electron chi connectivity index (χ0n) is 10.5. The minimum absolute atomic E-state index is 0.109. The molecule has 0 saturated heterocycles. The quantitative estimate of drug-likeness (QED) is 0.808. The molecule has 2 aromatic rings. The largest absolute Gasteiger partial charge is 0.417 e. The summed E-state index contributed by atoms with van der Waals surface area (Å²) in [6, 6.07) is 6.40. The van der Waals surface area contributed by atoms with Gasteiger partial charge < -0.3 is 5.32 Å². The number of halogens is 5. The average molecular weight is 317 g/mol. The van der Waals surface area contributed by atoms with Crippen molar-refractivity contribution in [2.24, 2.45) is 0 Å². The van der Waals surface area contributed by atoms with E-state index in [9.17, 15) is 17.6 Å². The van der Waals surface area contributed by atoms with Gasteiger partial charge in [0.05, 0.1) is 16.3 Å². The first-order chi connectivity index (χ1) is 9.86. The molecule has 1 aromatic carbocycles. The van der Waals surface area contributed by atoms with Crippen molar-refractivity contribution in [1.29, 1.82) is 0 Å². The molecule has 0 aliphatic rings. The fraction of sp³-hybridized carbons (Fsp3) is 0.0714. The molecule has 2 nitrogen and oxygen atoms in total. The van der Waals surface area contributed by atoms with Crippen molar-refractivity contribution in [2.75, 3.05) is 5.32 Å². The van der Waals surface area contributed by atoms with Crippen LogP contribution in [-0.2, 0) is 6.18 Å². The Hall–Kier alpha value is -2.08. The second kappa shape index (κ2) is 6.13. The van der Waals surface area contributed by atoms with E-state index in [2.05, 4.69) is 10.3 Å². The molecule has 0 atom stereocenters. The Labute approximate surface area is 123 Å². The van der Waals surface area contributed by atoms with Crippen LogP contribution in [0.25, 0.3) is 6.08 Å². The number of hydrogen-bond donors (Lipinski definition) is 1. The van der Waals surface area contributed by atoms with Crippen LogP contribution in [0.5, 0.6) is 0 Å². The number of nitrogens with zero attached hydrogens (tertiary/aromatic N) is 1. The lowest BCUT2D eigenvalue weighted by Crippen LogP contribution is -2.05. The highest BCUT2D eigenvalue weighted by Gasteiger charge is 2.31. The number of benzene rings is 1. The molecule has 0 aliphatic heterocycles. The van der Waals surface area contributed by atoms with E-state index in [1.54, 1.807) is 0 Å². The lowest BCUT2D eigenvalue weighted by Gasteiger charge is -2.07. The second-order valence-corrected chi connectivity index (χ2v) is 4.48. The van der Waals surface area contributed by atoms with Gasteiger partial charge in [0.1, 0.15) is 5.82 Å². The van der Waals surface area contributed by atoms with Gasteiger partial charge in [0.15, 0.2) is 0 Å². The van der Waals surface area contributed by atoms with E-state index in [0.29, 0.717) is 11.9 Å². The highest BCUT2D eigenvalue weighted by molar-refractivity contribution is 6.31. The van der Waals surface area contributed by atoms with Crippen LogP contribution in [0.1, 0.15) is 11.3 Å². The molecule has 1 heterocycles. The van der Waals surface area contributed by atoms with Crippen LogP contribution in [0.15, 0.2) is 42.7 Å². The number of hydrogen-bond acceptors (Lipinski definition) is 2. The molecule has 7 heteroatoms. The van der Waals surface area contributed by atoms with Crippen molar-refractivity contribution in [1.82, 2.24) is 4.98 Å². The van der Waals surface area contributed by atoms with E-state index in [4.69, 9.17) is 11.6 Å². The fourth-order valence-electron chi connectivity index (χ4n) is 1.49. The molecule has 1 N–H and O–H groups in total. The Morgan fingerprint density at radius 3 is 2.38 bits per heavy atom. The first kappa shape index (κ1) is 15.3. The minimum Gasteiger partial charge on any atom is -0.362 e. The van der Waals surface area contributed by atoms with Gasteiger partial charge in [-0.2, -0.15) is 13.2 Å². The van der Waals surface area contributed by atoms with Gasteiger partial charge in [-0.05, 0) is 36.4 Å². The number of nitrogens with one attached hydrogen (secondary N) is 1. The van der Waals surface area contributed by atoms with Crippen molar-refractivity contribution in [2.45, 2.75) is 6.18 Å². The summed E-state index contributed by atoms with van der Waals surface area (Å²) in [6.07, 6.45) is -0.894. The molecule has 1 aromatic heterocycles. The van der Waals surface area contributed by atoms with Gasteiger partial charge in [0.2, 0.25) is 0 Å². The highest BCUT2D eigenvalue weighted by Crippen LogP contribution is 2.31. The van der Waals surface area contributed by atoms with Gasteiger partial charge in [0, 0.05) is 18.1 Å². The van der Waals surface area contributed by atoms with Crippen LogP contribution in [0.2, 0.25) is 5.02 Å². The van der Waals surface area contributed by atoms with E-state index < -0.39 is 11.7 Å². The van der Waals surface area contributed by atoms with E-state index in [0.717, 1.165) is 6.07 Å². The fourth-order valence-corrected chi connectivity index (χ4v) is 1.72. The number of alkyl halides is 3. The normalized spacial score (nSPS) is 11.9. The highest BCUT2D eigenvalue weighted by atomic mass is 35.5. The van der Waals surface area contributed by atoms with Crippen molar-refractivity contribution in [3.63, 3.8) is 0 Å². The average Bonchev–Trinajstić information content (AvgIpc) is 2.41. The first-order valence-electron chi connectivity index (χ1n) is 5.77. The van der Waals surface area contributed by atoms with Crippen LogP contribution in [0, 0.1) is 5.82 Å². The Morgan fingerprint density at radius 1 is 1.14 bits per heavy atom. The summed E-state index contributed by atoms with van der Waals surface area (Å²) >= 11 is 5.75. The molecule has 0 bridgehead atoms. The van der Waals surface area contributed by atoms with Gasteiger partial charge in [-0.3, -0.25) is 4.98 Å². The Balaban J connectivity index is 2.09. The monoisotopic (exact) mass is 316 g/mol. The Bertz CT molecular complexity index is 651. The van der Waals surface area contributed by atoms with Crippen LogP contribution in [-0.4, -0.2) is 4.98 Å². The van der Waals surface area contributed by atoms with Gasteiger partial charge in [-0.15, -0.1) is 0 Å². The number of rotatable bonds is 3. The summed E-state index contributed by atoms with van der Waals surface area (Å²) in [4.78, 5) is 3.65. The van der Waals surface area contributed by atoms with E-state index in [1.807, 2.05) is 0 Å². The van der Waals surface area contributed by atoms with E-state index >= 15 is 0 Å². The second-order valence-electron chi connectivity index (χ2n) is 4.07. The maximum Gasteiger partial charge on any atom is 0.417 e. The predicted molar refractivity (Wildman–Crippen MR) is 73.3 cm³/mol. The third-order valence-corrected chi connectivity index (χ3v) is 2.84. The molecular weight excluding hydrogens is 308 g/mol. The lowest BCUT2D eigenvalue weighted by molar-refractivity contribution is -0.137. The molecule has 0 amide bonds. The van der Waals surface area contributed by atoms with Gasteiger partial charge >= 0.3 is 6.18 Å². The molecule has 2 rings (SSSR count). The van der Waals surface area contributed by atoms with E-state index in [-0.39, 0.29) is 16.5 Å². The van der Waals surface area contributed by atoms with Crippen molar-refractivity contribution in [3.8, 4) is 0 Å². The van der Waals surface area contributed by atoms with Crippen LogP contribution >= 0.6 is 11.6 Å². The third-order valence-electron chi connectivity index (χ3n) is 2.53. The molecule has 0 radical (unpaired) electrons.